The fourth-order valence-electron chi connectivity index (χ4n) is 1.53. The predicted octanol–water partition coefficient (Wildman–Crippen LogP) is 1.69. The van der Waals surface area contributed by atoms with E-state index in [1.165, 1.54) is 0 Å². The van der Waals surface area contributed by atoms with E-state index in [0.717, 1.165) is 25.6 Å². The number of rotatable bonds is 3. The zero-order valence-electron chi connectivity index (χ0n) is 7.67. The van der Waals surface area contributed by atoms with E-state index >= 15 is 0 Å². The number of ether oxygens (including phenoxy) is 2. The first-order chi connectivity index (χ1) is 5.25. The summed E-state index contributed by atoms with van der Waals surface area (Å²) in [6.07, 6.45) is 1.48. The first-order valence-electron chi connectivity index (χ1n) is 4.36. The fraction of sp³-hybridized carbons (Fsp3) is 1.00. The zero-order chi connectivity index (χ0) is 8.27. The minimum Gasteiger partial charge on any atom is -0.385 e. The van der Waals surface area contributed by atoms with E-state index in [2.05, 4.69) is 13.8 Å². The Kier molecular flexibility index (Phi) is 3.34. The maximum atomic E-state index is 5.60. The molecule has 3 atom stereocenters. The van der Waals surface area contributed by atoms with Crippen LogP contribution in [-0.4, -0.2) is 26.4 Å². The van der Waals surface area contributed by atoms with E-state index in [0.29, 0.717) is 12.0 Å². The van der Waals surface area contributed by atoms with E-state index < -0.39 is 0 Å². The van der Waals surface area contributed by atoms with Crippen molar-refractivity contribution in [1.82, 2.24) is 0 Å². The van der Waals surface area contributed by atoms with Gasteiger partial charge >= 0.3 is 0 Å². The molecule has 1 fully saturated rings. The second kappa shape index (κ2) is 4.07. The van der Waals surface area contributed by atoms with Crippen molar-refractivity contribution < 1.29 is 9.47 Å². The molecule has 0 bridgehead atoms. The highest BCUT2D eigenvalue weighted by molar-refractivity contribution is 4.77. The smallest absolute Gasteiger partial charge is 0.0626 e. The van der Waals surface area contributed by atoms with Crippen molar-refractivity contribution in [3.05, 3.63) is 0 Å². The first kappa shape index (κ1) is 9.01. The van der Waals surface area contributed by atoms with E-state index in [4.69, 9.17) is 9.47 Å². The average molecular weight is 158 g/mol. The lowest BCUT2D eigenvalue weighted by molar-refractivity contribution is 0.0602. The SMILES string of the molecule is COCCC1OCC(C)[C@@H]1C. The van der Waals surface area contributed by atoms with Gasteiger partial charge in [0.15, 0.2) is 0 Å². The van der Waals surface area contributed by atoms with Crippen molar-refractivity contribution in [3.8, 4) is 0 Å². The predicted molar refractivity (Wildman–Crippen MR) is 44.6 cm³/mol. The Bertz CT molecular complexity index is 114. The van der Waals surface area contributed by atoms with Gasteiger partial charge in [-0.05, 0) is 18.3 Å². The van der Waals surface area contributed by atoms with Gasteiger partial charge in [-0.1, -0.05) is 13.8 Å². The molecule has 2 heteroatoms. The van der Waals surface area contributed by atoms with Crippen molar-refractivity contribution in [1.29, 1.82) is 0 Å². The molecule has 2 unspecified atom stereocenters. The maximum absolute atomic E-state index is 5.60. The van der Waals surface area contributed by atoms with Crippen LogP contribution >= 0.6 is 0 Å². The standard InChI is InChI=1S/C9H18O2/c1-7-6-11-9(8(7)2)4-5-10-3/h7-9H,4-6H2,1-3H3/t7?,8-,9?/m0/s1. The van der Waals surface area contributed by atoms with Crippen LogP contribution < -0.4 is 0 Å². The van der Waals surface area contributed by atoms with Crippen molar-refractivity contribution in [2.24, 2.45) is 11.8 Å². The molecule has 0 saturated carbocycles. The van der Waals surface area contributed by atoms with Crippen LogP contribution in [0.15, 0.2) is 0 Å². The third-order valence-corrected chi connectivity index (χ3v) is 2.66. The summed E-state index contributed by atoms with van der Waals surface area (Å²) in [7, 11) is 1.74. The van der Waals surface area contributed by atoms with Gasteiger partial charge in [0, 0.05) is 20.3 Å². The molecule has 0 aliphatic carbocycles. The zero-order valence-corrected chi connectivity index (χ0v) is 7.67. The van der Waals surface area contributed by atoms with Gasteiger partial charge in [-0.3, -0.25) is 0 Å². The third kappa shape index (κ3) is 2.17. The van der Waals surface area contributed by atoms with E-state index in [-0.39, 0.29) is 0 Å². The summed E-state index contributed by atoms with van der Waals surface area (Å²) in [5, 5.41) is 0. The molecule has 0 aromatic heterocycles. The highest BCUT2D eigenvalue weighted by Crippen LogP contribution is 2.27. The van der Waals surface area contributed by atoms with Gasteiger partial charge in [0.05, 0.1) is 6.10 Å². The normalized spacial score (nSPS) is 37.9. The Balaban J connectivity index is 2.24. The van der Waals surface area contributed by atoms with Gasteiger partial charge < -0.3 is 9.47 Å². The van der Waals surface area contributed by atoms with Crippen LogP contribution in [0.2, 0.25) is 0 Å². The van der Waals surface area contributed by atoms with Crippen LogP contribution in [-0.2, 0) is 9.47 Å². The summed E-state index contributed by atoms with van der Waals surface area (Å²) >= 11 is 0. The van der Waals surface area contributed by atoms with Crippen LogP contribution in [0.25, 0.3) is 0 Å². The molecular formula is C9H18O2. The summed E-state index contributed by atoms with van der Waals surface area (Å²) in [4.78, 5) is 0. The Morgan fingerprint density at radius 2 is 2.18 bits per heavy atom. The lowest BCUT2D eigenvalue weighted by Gasteiger charge is -2.15. The highest BCUT2D eigenvalue weighted by atomic mass is 16.5. The largest absolute Gasteiger partial charge is 0.385 e. The van der Waals surface area contributed by atoms with Gasteiger partial charge in [-0.2, -0.15) is 0 Å². The number of hydrogen-bond donors (Lipinski definition) is 0. The molecule has 0 aromatic rings. The van der Waals surface area contributed by atoms with Crippen molar-refractivity contribution >= 4 is 0 Å². The number of hydrogen-bond acceptors (Lipinski definition) is 2. The summed E-state index contributed by atoms with van der Waals surface area (Å²) in [5.41, 5.74) is 0. The molecule has 66 valence electrons. The Morgan fingerprint density at radius 1 is 1.45 bits per heavy atom. The Hall–Kier alpha value is -0.0800. The van der Waals surface area contributed by atoms with E-state index in [1.807, 2.05) is 0 Å². The highest BCUT2D eigenvalue weighted by Gasteiger charge is 2.29. The van der Waals surface area contributed by atoms with Crippen LogP contribution in [0.3, 0.4) is 0 Å². The van der Waals surface area contributed by atoms with E-state index in [9.17, 15) is 0 Å². The van der Waals surface area contributed by atoms with Gasteiger partial charge in [0.25, 0.3) is 0 Å². The van der Waals surface area contributed by atoms with Crippen LogP contribution in [0.1, 0.15) is 20.3 Å². The van der Waals surface area contributed by atoms with Crippen LogP contribution in [0, 0.1) is 11.8 Å². The molecule has 1 aliphatic heterocycles. The molecule has 0 aromatic carbocycles. The second-order valence-electron chi connectivity index (χ2n) is 3.49. The summed E-state index contributed by atoms with van der Waals surface area (Å²) in [6.45, 7) is 6.26. The summed E-state index contributed by atoms with van der Waals surface area (Å²) < 4.78 is 10.6. The fourth-order valence-corrected chi connectivity index (χ4v) is 1.53. The molecule has 11 heavy (non-hydrogen) atoms. The minimum absolute atomic E-state index is 0.435. The van der Waals surface area contributed by atoms with Gasteiger partial charge in [0.2, 0.25) is 0 Å². The monoisotopic (exact) mass is 158 g/mol. The topological polar surface area (TPSA) is 18.5 Å². The summed E-state index contributed by atoms with van der Waals surface area (Å²) in [5.74, 6) is 1.42. The molecule has 2 nitrogen and oxygen atoms in total. The van der Waals surface area contributed by atoms with Crippen molar-refractivity contribution in [2.75, 3.05) is 20.3 Å². The lowest BCUT2D eigenvalue weighted by atomic mass is 9.93. The van der Waals surface area contributed by atoms with E-state index in [1.54, 1.807) is 7.11 Å². The molecule has 1 aliphatic rings. The van der Waals surface area contributed by atoms with Crippen molar-refractivity contribution in [2.45, 2.75) is 26.4 Å². The summed E-state index contributed by atoms with van der Waals surface area (Å²) in [6, 6.07) is 0. The van der Waals surface area contributed by atoms with Gasteiger partial charge in [-0.15, -0.1) is 0 Å². The quantitative estimate of drug-likeness (QED) is 0.622. The molecule has 0 radical (unpaired) electrons. The molecule has 1 heterocycles. The number of methoxy groups -OCH3 is 1. The molecule has 0 spiro atoms. The van der Waals surface area contributed by atoms with Crippen molar-refractivity contribution in [3.63, 3.8) is 0 Å². The maximum Gasteiger partial charge on any atom is 0.0626 e. The average Bonchev–Trinajstić information content (AvgIpc) is 2.31. The first-order valence-corrected chi connectivity index (χ1v) is 4.36. The molecule has 1 rings (SSSR count). The molecule has 1 saturated heterocycles. The van der Waals surface area contributed by atoms with Crippen LogP contribution in [0.5, 0.6) is 0 Å². The van der Waals surface area contributed by atoms with Gasteiger partial charge in [-0.25, -0.2) is 0 Å². The Morgan fingerprint density at radius 3 is 2.64 bits per heavy atom. The molecular weight excluding hydrogens is 140 g/mol. The lowest BCUT2D eigenvalue weighted by Crippen LogP contribution is -2.17. The third-order valence-electron chi connectivity index (χ3n) is 2.66. The Labute approximate surface area is 68.9 Å². The van der Waals surface area contributed by atoms with Gasteiger partial charge in [0.1, 0.15) is 0 Å². The molecule has 0 amide bonds. The minimum atomic E-state index is 0.435. The molecule has 0 N–H and O–H groups in total. The second-order valence-corrected chi connectivity index (χ2v) is 3.49. The van der Waals surface area contributed by atoms with Crippen LogP contribution in [0.4, 0.5) is 0 Å².